The van der Waals surface area contributed by atoms with E-state index in [0.717, 1.165) is 6.07 Å². The van der Waals surface area contributed by atoms with Crippen molar-refractivity contribution in [1.29, 1.82) is 0 Å². The first kappa shape index (κ1) is 16.2. The number of nitrogens with one attached hydrogen (secondary N) is 1. The van der Waals surface area contributed by atoms with Crippen molar-refractivity contribution in [2.45, 2.75) is 0 Å². The number of carboxylic acids is 1. The van der Waals surface area contributed by atoms with Gasteiger partial charge < -0.3 is 25.0 Å². The molecular formula is C16H15NO6. The fourth-order valence-corrected chi connectivity index (χ4v) is 1.99. The molecule has 0 spiro atoms. The first-order valence-corrected chi connectivity index (χ1v) is 6.56. The van der Waals surface area contributed by atoms with Crippen molar-refractivity contribution in [1.82, 2.24) is 0 Å². The number of phenolic OH excluding ortho intramolecular Hbond substituents is 1. The fraction of sp³-hybridized carbons (Fsp3) is 0.125. The SMILES string of the molecule is COc1ccc(C(=O)Nc2ccc(O)cc2C(=O)O)cc1OC. The molecule has 0 fully saturated rings. The molecule has 0 aromatic heterocycles. The monoisotopic (exact) mass is 317 g/mol. The van der Waals surface area contributed by atoms with Gasteiger partial charge in [-0.05, 0) is 36.4 Å². The lowest BCUT2D eigenvalue weighted by Gasteiger charge is -2.11. The van der Waals surface area contributed by atoms with Crippen molar-refractivity contribution in [2.75, 3.05) is 19.5 Å². The molecule has 0 unspecified atom stereocenters. The maximum atomic E-state index is 12.3. The molecule has 0 saturated carbocycles. The van der Waals surface area contributed by atoms with Crippen LogP contribution in [-0.4, -0.2) is 36.3 Å². The summed E-state index contributed by atoms with van der Waals surface area (Å²) in [4.78, 5) is 23.5. The number of carbonyl (C=O) groups excluding carboxylic acids is 1. The van der Waals surface area contributed by atoms with Crippen LogP contribution < -0.4 is 14.8 Å². The van der Waals surface area contributed by atoms with Crippen LogP contribution in [0.3, 0.4) is 0 Å². The van der Waals surface area contributed by atoms with Gasteiger partial charge in [-0.1, -0.05) is 0 Å². The molecule has 2 aromatic carbocycles. The Bertz CT molecular complexity index is 756. The molecular weight excluding hydrogens is 302 g/mol. The highest BCUT2D eigenvalue weighted by molar-refractivity contribution is 6.08. The number of amides is 1. The minimum Gasteiger partial charge on any atom is -0.508 e. The van der Waals surface area contributed by atoms with Crippen molar-refractivity contribution in [2.24, 2.45) is 0 Å². The van der Waals surface area contributed by atoms with Crippen molar-refractivity contribution in [3.05, 3.63) is 47.5 Å². The van der Waals surface area contributed by atoms with Crippen molar-refractivity contribution >= 4 is 17.6 Å². The summed E-state index contributed by atoms with van der Waals surface area (Å²) in [5.74, 6) is -1.13. The van der Waals surface area contributed by atoms with Gasteiger partial charge in [0.05, 0.1) is 25.5 Å². The molecule has 0 saturated heterocycles. The zero-order valence-corrected chi connectivity index (χ0v) is 12.5. The standard InChI is InChI=1S/C16H15NO6/c1-22-13-6-3-9(7-14(13)23-2)15(19)17-12-5-4-10(18)8-11(12)16(20)21/h3-8,18H,1-2H3,(H,17,19)(H,20,21). The predicted octanol–water partition coefficient (Wildman–Crippen LogP) is 2.36. The van der Waals surface area contributed by atoms with E-state index < -0.39 is 11.9 Å². The van der Waals surface area contributed by atoms with Gasteiger partial charge in [0.15, 0.2) is 11.5 Å². The van der Waals surface area contributed by atoms with Gasteiger partial charge in [-0.2, -0.15) is 0 Å². The summed E-state index contributed by atoms with van der Waals surface area (Å²) < 4.78 is 10.2. The second-order valence-corrected chi connectivity index (χ2v) is 4.56. The fourth-order valence-electron chi connectivity index (χ4n) is 1.99. The number of carboxylic acid groups (broad SMARTS) is 1. The number of anilines is 1. The second kappa shape index (κ2) is 6.69. The van der Waals surface area contributed by atoms with Crippen LogP contribution >= 0.6 is 0 Å². The first-order valence-electron chi connectivity index (χ1n) is 6.56. The van der Waals surface area contributed by atoms with Gasteiger partial charge in [0.2, 0.25) is 0 Å². The average Bonchev–Trinajstić information content (AvgIpc) is 2.55. The number of aromatic hydroxyl groups is 1. The van der Waals surface area contributed by atoms with Gasteiger partial charge in [-0.25, -0.2) is 4.79 Å². The van der Waals surface area contributed by atoms with E-state index in [1.54, 1.807) is 6.07 Å². The van der Waals surface area contributed by atoms with E-state index in [9.17, 15) is 14.7 Å². The van der Waals surface area contributed by atoms with E-state index in [1.165, 1.54) is 38.5 Å². The number of rotatable bonds is 5. The summed E-state index contributed by atoms with van der Waals surface area (Å²) in [6.07, 6.45) is 0. The predicted molar refractivity (Wildman–Crippen MR) is 82.6 cm³/mol. The Kier molecular flexibility index (Phi) is 4.70. The zero-order chi connectivity index (χ0) is 17.0. The Labute approximate surface area is 132 Å². The zero-order valence-electron chi connectivity index (χ0n) is 12.5. The van der Waals surface area contributed by atoms with Crippen LogP contribution in [0.4, 0.5) is 5.69 Å². The number of methoxy groups -OCH3 is 2. The summed E-state index contributed by atoms with van der Waals surface area (Å²) in [6.45, 7) is 0. The van der Waals surface area contributed by atoms with Crippen LogP contribution in [-0.2, 0) is 0 Å². The largest absolute Gasteiger partial charge is 0.508 e. The van der Waals surface area contributed by atoms with E-state index in [1.807, 2.05) is 0 Å². The summed E-state index contributed by atoms with van der Waals surface area (Å²) >= 11 is 0. The molecule has 2 aromatic rings. The molecule has 0 heterocycles. The first-order chi connectivity index (χ1) is 11.0. The van der Waals surface area contributed by atoms with E-state index in [2.05, 4.69) is 5.32 Å². The summed E-state index contributed by atoms with van der Waals surface area (Å²) in [5.41, 5.74) is 0.140. The third-order valence-corrected chi connectivity index (χ3v) is 3.13. The number of ether oxygens (including phenoxy) is 2. The molecule has 0 aliphatic rings. The minimum absolute atomic E-state index is 0.0788. The van der Waals surface area contributed by atoms with Crippen LogP contribution in [0.2, 0.25) is 0 Å². The van der Waals surface area contributed by atoms with Gasteiger partial charge in [0.1, 0.15) is 5.75 Å². The lowest BCUT2D eigenvalue weighted by atomic mass is 10.1. The van der Waals surface area contributed by atoms with Crippen LogP contribution in [0, 0.1) is 0 Å². The molecule has 0 radical (unpaired) electrons. The highest BCUT2D eigenvalue weighted by Crippen LogP contribution is 2.28. The van der Waals surface area contributed by atoms with E-state index in [-0.39, 0.29) is 22.6 Å². The van der Waals surface area contributed by atoms with Gasteiger partial charge >= 0.3 is 5.97 Å². The van der Waals surface area contributed by atoms with Crippen molar-refractivity contribution in [3.8, 4) is 17.2 Å². The summed E-state index contributed by atoms with van der Waals surface area (Å²) in [6, 6.07) is 8.25. The Morgan fingerprint density at radius 3 is 2.30 bits per heavy atom. The molecule has 0 aliphatic carbocycles. The van der Waals surface area contributed by atoms with Gasteiger partial charge in [-0.15, -0.1) is 0 Å². The molecule has 120 valence electrons. The highest BCUT2D eigenvalue weighted by atomic mass is 16.5. The maximum absolute atomic E-state index is 12.3. The molecule has 2 rings (SSSR count). The van der Waals surface area contributed by atoms with Crippen LogP contribution in [0.25, 0.3) is 0 Å². The average molecular weight is 317 g/mol. The number of hydrogen-bond acceptors (Lipinski definition) is 5. The van der Waals surface area contributed by atoms with Gasteiger partial charge in [0.25, 0.3) is 5.91 Å². The third-order valence-electron chi connectivity index (χ3n) is 3.13. The highest BCUT2D eigenvalue weighted by Gasteiger charge is 2.16. The van der Waals surface area contributed by atoms with Gasteiger partial charge in [0, 0.05) is 5.56 Å². The van der Waals surface area contributed by atoms with Crippen LogP contribution in [0.15, 0.2) is 36.4 Å². The van der Waals surface area contributed by atoms with Crippen molar-refractivity contribution in [3.63, 3.8) is 0 Å². The molecule has 0 aliphatic heterocycles. The number of phenols is 1. The van der Waals surface area contributed by atoms with Gasteiger partial charge in [-0.3, -0.25) is 4.79 Å². The molecule has 0 bridgehead atoms. The third kappa shape index (κ3) is 3.52. The Morgan fingerprint density at radius 1 is 1.00 bits per heavy atom. The molecule has 7 nitrogen and oxygen atoms in total. The normalized spacial score (nSPS) is 10.0. The number of benzene rings is 2. The lowest BCUT2D eigenvalue weighted by molar-refractivity contribution is 0.0697. The topological polar surface area (TPSA) is 105 Å². The summed E-state index contributed by atoms with van der Waals surface area (Å²) in [7, 11) is 2.93. The second-order valence-electron chi connectivity index (χ2n) is 4.56. The Balaban J connectivity index is 2.31. The quantitative estimate of drug-likeness (QED) is 0.731. The molecule has 7 heteroatoms. The van der Waals surface area contributed by atoms with Crippen LogP contribution in [0.5, 0.6) is 17.2 Å². The molecule has 23 heavy (non-hydrogen) atoms. The minimum atomic E-state index is -1.26. The number of carbonyl (C=O) groups is 2. The molecule has 3 N–H and O–H groups in total. The molecule has 1 amide bonds. The van der Waals surface area contributed by atoms with E-state index in [4.69, 9.17) is 14.6 Å². The lowest BCUT2D eigenvalue weighted by Crippen LogP contribution is -2.15. The number of hydrogen-bond donors (Lipinski definition) is 3. The van der Waals surface area contributed by atoms with E-state index in [0.29, 0.717) is 11.5 Å². The van der Waals surface area contributed by atoms with Crippen molar-refractivity contribution < 1.29 is 29.3 Å². The number of aromatic carboxylic acids is 1. The van der Waals surface area contributed by atoms with Crippen LogP contribution in [0.1, 0.15) is 20.7 Å². The van der Waals surface area contributed by atoms with E-state index >= 15 is 0 Å². The summed E-state index contributed by atoms with van der Waals surface area (Å²) in [5, 5.41) is 21.0. The smallest absolute Gasteiger partial charge is 0.337 e. The Morgan fingerprint density at radius 2 is 1.70 bits per heavy atom. The maximum Gasteiger partial charge on any atom is 0.337 e. The Hall–Kier alpha value is -3.22. The molecule has 0 atom stereocenters.